The molecule has 1 aromatic heterocycles. The maximum Gasteiger partial charge on any atom is 0.187 e. The van der Waals surface area contributed by atoms with Crippen LogP contribution < -0.4 is 0 Å². The predicted molar refractivity (Wildman–Crippen MR) is 120 cm³/mol. The molecule has 0 radical (unpaired) electrons. The van der Waals surface area contributed by atoms with Crippen molar-refractivity contribution in [2.75, 3.05) is 6.67 Å². The van der Waals surface area contributed by atoms with Crippen LogP contribution in [-0.4, -0.2) is 28.4 Å². The van der Waals surface area contributed by atoms with E-state index in [1.807, 2.05) is 37.3 Å². The third kappa shape index (κ3) is 6.28. The van der Waals surface area contributed by atoms with Crippen molar-refractivity contribution in [2.45, 2.75) is 83.0 Å². The molecular weight excluding hydrogens is 391 g/mol. The maximum absolute atomic E-state index is 12.7. The van der Waals surface area contributed by atoms with E-state index in [0.29, 0.717) is 37.2 Å². The summed E-state index contributed by atoms with van der Waals surface area (Å²) in [6.07, 6.45) is 9.04. The van der Waals surface area contributed by atoms with E-state index in [0.717, 1.165) is 48.9 Å². The fourth-order valence-corrected chi connectivity index (χ4v) is 4.55. The number of carbonyl (C=O) groups is 2. The van der Waals surface area contributed by atoms with Gasteiger partial charge in [-0.25, -0.2) is 0 Å². The topological polar surface area (TPSA) is 59.9 Å². The van der Waals surface area contributed by atoms with Crippen LogP contribution >= 0.6 is 0 Å². The molecule has 1 aliphatic rings. The normalized spacial score (nSPS) is 15.5. The van der Waals surface area contributed by atoms with Gasteiger partial charge in [0.2, 0.25) is 0 Å². The van der Waals surface area contributed by atoms with Gasteiger partial charge in [-0.1, -0.05) is 50.5 Å². The van der Waals surface area contributed by atoms with Crippen LogP contribution in [0.3, 0.4) is 0 Å². The Kier molecular flexibility index (Phi) is 8.44. The summed E-state index contributed by atoms with van der Waals surface area (Å²) >= 11 is 0. The lowest BCUT2D eigenvalue weighted by atomic mass is 9.68. The second-order valence-corrected chi connectivity index (χ2v) is 8.75. The minimum absolute atomic E-state index is 0.0607. The molecule has 3 rings (SSSR count). The van der Waals surface area contributed by atoms with Gasteiger partial charge in [0.1, 0.15) is 11.5 Å². The van der Waals surface area contributed by atoms with Crippen LogP contribution in [0.4, 0.5) is 4.39 Å². The van der Waals surface area contributed by atoms with E-state index in [2.05, 4.69) is 10.2 Å². The van der Waals surface area contributed by atoms with Crippen LogP contribution in [0, 0.1) is 0 Å². The molecule has 31 heavy (non-hydrogen) atoms. The first kappa shape index (κ1) is 23.2. The number of Topliss-reactive ketones (excluding diaryl/α,β-unsaturated/α-hetero) is 2. The van der Waals surface area contributed by atoms with Gasteiger partial charge >= 0.3 is 0 Å². The van der Waals surface area contributed by atoms with Gasteiger partial charge in [0.15, 0.2) is 5.78 Å². The minimum Gasteiger partial charge on any atom is -0.300 e. The molecule has 0 aliphatic heterocycles. The zero-order valence-electron chi connectivity index (χ0n) is 18.5. The first-order valence-electron chi connectivity index (χ1n) is 11.6. The molecule has 1 heterocycles. The smallest absolute Gasteiger partial charge is 0.187 e. The van der Waals surface area contributed by atoms with E-state index < -0.39 is 0 Å². The predicted octanol–water partition coefficient (Wildman–Crippen LogP) is 5.77. The lowest BCUT2D eigenvalue weighted by Gasteiger charge is -2.36. The van der Waals surface area contributed by atoms with Crippen LogP contribution in [-0.2, 0) is 23.1 Å². The Balaban J connectivity index is 1.67. The molecule has 1 aliphatic carbocycles. The highest BCUT2D eigenvalue weighted by Crippen LogP contribution is 2.42. The van der Waals surface area contributed by atoms with Crippen LogP contribution in [0.2, 0.25) is 0 Å². The molecule has 1 fully saturated rings. The van der Waals surface area contributed by atoms with Gasteiger partial charge in [-0.15, -0.1) is 5.10 Å². The fourth-order valence-electron chi connectivity index (χ4n) is 4.55. The van der Waals surface area contributed by atoms with Gasteiger partial charge in [-0.05, 0) is 55.4 Å². The molecule has 0 amide bonds. The Morgan fingerprint density at radius 2 is 1.68 bits per heavy atom. The van der Waals surface area contributed by atoms with Crippen LogP contribution in [0.1, 0.15) is 92.0 Å². The molecule has 0 N–H and O–H groups in total. The number of rotatable bonds is 11. The van der Waals surface area contributed by atoms with Crippen molar-refractivity contribution in [1.29, 1.82) is 0 Å². The number of ketones is 2. The first-order chi connectivity index (χ1) is 15.1. The number of aryl methyl sites for hydroxylation is 1. The Morgan fingerprint density at radius 1 is 0.968 bits per heavy atom. The summed E-state index contributed by atoms with van der Waals surface area (Å²) in [5, 5.41) is 8.75. The Labute approximate surface area is 184 Å². The number of carbonyl (C=O) groups excluding carboxylic acids is 2. The van der Waals surface area contributed by atoms with Crippen molar-refractivity contribution >= 4 is 11.6 Å². The largest absolute Gasteiger partial charge is 0.300 e. The molecule has 5 heteroatoms. The highest BCUT2D eigenvalue weighted by Gasteiger charge is 2.35. The van der Waals surface area contributed by atoms with Crippen molar-refractivity contribution < 1.29 is 14.0 Å². The summed E-state index contributed by atoms with van der Waals surface area (Å²) < 4.78 is 12.3. The highest BCUT2D eigenvalue weighted by molar-refractivity contribution is 5.95. The van der Waals surface area contributed by atoms with Gasteiger partial charge in [0, 0.05) is 24.7 Å². The molecule has 4 nitrogen and oxygen atoms in total. The first-order valence-corrected chi connectivity index (χ1v) is 11.6. The van der Waals surface area contributed by atoms with Crippen LogP contribution in [0.15, 0.2) is 36.4 Å². The molecule has 1 saturated carbocycles. The van der Waals surface area contributed by atoms with Crippen molar-refractivity contribution in [3.8, 4) is 0 Å². The monoisotopic (exact) mass is 424 g/mol. The summed E-state index contributed by atoms with van der Waals surface area (Å²) in [5.74, 6) is 0.231. The van der Waals surface area contributed by atoms with Crippen molar-refractivity contribution in [3.05, 3.63) is 58.9 Å². The van der Waals surface area contributed by atoms with Crippen molar-refractivity contribution in [3.63, 3.8) is 0 Å². The van der Waals surface area contributed by atoms with Gasteiger partial charge in [-0.2, -0.15) is 5.10 Å². The summed E-state index contributed by atoms with van der Waals surface area (Å²) in [5.41, 5.74) is 3.21. The Bertz CT molecular complexity index is 856. The van der Waals surface area contributed by atoms with Gasteiger partial charge < -0.3 is 0 Å². The van der Waals surface area contributed by atoms with E-state index in [-0.39, 0.29) is 24.3 Å². The number of aromatic nitrogens is 2. The zero-order valence-corrected chi connectivity index (χ0v) is 18.5. The summed E-state index contributed by atoms with van der Waals surface area (Å²) in [4.78, 5) is 24.6. The summed E-state index contributed by atoms with van der Waals surface area (Å²) in [6.45, 7) is 1.60. The number of hydrogen-bond acceptors (Lipinski definition) is 4. The molecule has 1 aromatic carbocycles. The number of alkyl halides is 1. The van der Waals surface area contributed by atoms with E-state index in [4.69, 9.17) is 0 Å². The molecule has 2 aromatic rings. The quantitative estimate of drug-likeness (QED) is 0.430. The van der Waals surface area contributed by atoms with Gasteiger partial charge in [-0.3, -0.25) is 14.0 Å². The van der Waals surface area contributed by atoms with E-state index in [9.17, 15) is 14.0 Å². The second kappa shape index (κ2) is 11.3. The number of hydrogen-bond donors (Lipinski definition) is 0. The average Bonchev–Trinajstić information content (AvgIpc) is 2.82. The molecule has 0 bridgehead atoms. The SMILES string of the molecule is CCC(=O)CCC1(c2ccc(C(=O)Cc3ccc(CCCF)cc3)nn2)CCCCC1. The standard InChI is InChI=1S/C26H33FN2O2/c1-2-22(30)14-17-26(15-4-3-5-16-26)25-13-12-23(28-29-25)24(31)19-21-10-8-20(9-11-21)7-6-18-27/h8-13H,2-7,14-19H2,1H3. The second-order valence-electron chi connectivity index (χ2n) is 8.75. The minimum atomic E-state index is -0.314. The van der Waals surface area contributed by atoms with Gasteiger partial charge in [0.25, 0.3) is 0 Å². The van der Waals surface area contributed by atoms with E-state index in [1.165, 1.54) is 6.42 Å². The van der Waals surface area contributed by atoms with Crippen molar-refractivity contribution in [2.24, 2.45) is 0 Å². The molecule has 0 unspecified atom stereocenters. The van der Waals surface area contributed by atoms with Crippen LogP contribution in [0.25, 0.3) is 0 Å². The zero-order chi connectivity index (χ0) is 22.1. The third-order valence-electron chi connectivity index (χ3n) is 6.57. The molecular formula is C26H33FN2O2. The average molecular weight is 425 g/mol. The van der Waals surface area contributed by atoms with Gasteiger partial charge in [0.05, 0.1) is 12.4 Å². The van der Waals surface area contributed by atoms with Crippen molar-refractivity contribution in [1.82, 2.24) is 10.2 Å². The Hall–Kier alpha value is -2.43. The summed E-state index contributed by atoms with van der Waals surface area (Å²) in [7, 11) is 0. The highest BCUT2D eigenvalue weighted by atomic mass is 19.1. The summed E-state index contributed by atoms with van der Waals surface area (Å²) in [6, 6.07) is 11.5. The molecule has 0 atom stereocenters. The van der Waals surface area contributed by atoms with E-state index >= 15 is 0 Å². The molecule has 166 valence electrons. The molecule has 0 spiro atoms. The lowest BCUT2D eigenvalue weighted by Crippen LogP contribution is -2.31. The third-order valence-corrected chi connectivity index (χ3v) is 6.57. The Morgan fingerprint density at radius 3 is 2.29 bits per heavy atom. The number of nitrogens with zero attached hydrogens (tertiary/aromatic N) is 2. The molecule has 0 saturated heterocycles. The lowest BCUT2D eigenvalue weighted by molar-refractivity contribution is -0.119. The maximum atomic E-state index is 12.7. The fraction of sp³-hybridized carbons (Fsp3) is 0.538. The van der Waals surface area contributed by atoms with Crippen LogP contribution in [0.5, 0.6) is 0 Å². The van der Waals surface area contributed by atoms with E-state index in [1.54, 1.807) is 6.07 Å². The number of benzene rings is 1. The number of halogens is 1.